The van der Waals surface area contributed by atoms with Gasteiger partial charge in [0.2, 0.25) is 5.89 Å². The standard InChI is InChI=1S/C9H13N5O3S/c1-5-13-7(14-17-5)2-3-11-8(15)9(16)12-4-6(10)18/h2-4H2,1H3,(H2,10,18)(H,11,15)(H,12,16). The van der Waals surface area contributed by atoms with Crippen LogP contribution in [0.25, 0.3) is 0 Å². The van der Waals surface area contributed by atoms with Crippen LogP contribution in [0.5, 0.6) is 0 Å². The van der Waals surface area contributed by atoms with E-state index in [1.165, 1.54) is 0 Å². The lowest BCUT2D eigenvalue weighted by atomic mass is 10.4. The molecule has 0 aliphatic heterocycles. The van der Waals surface area contributed by atoms with Crippen molar-refractivity contribution < 1.29 is 14.1 Å². The molecule has 0 atom stereocenters. The topological polar surface area (TPSA) is 123 Å². The number of nitrogens with two attached hydrogens (primary N) is 1. The van der Waals surface area contributed by atoms with Gasteiger partial charge in [-0.05, 0) is 0 Å². The molecule has 0 bridgehead atoms. The summed E-state index contributed by atoms with van der Waals surface area (Å²) in [4.78, 5) is 26.5. The molecule has 0 radical (unpaired) electrons. The average Bonchev–Trinajstić information content (AvgIpc) is 2.71. The van der Waals surface area contributed by atoms with Crippen molar-refractivity contribution in [3.05, 3.63) is 11.7 Å². The van der Waals surface area contributed by atoms with Crippen LogP contribution in [-0.2, 0) is 16.0 Å². The zero-order valence-corrected chi connectivity index (χ0v) is 10.5. The fraction of sp³-hybridized carbons (Fsp3) is 0.444. The Morgan fingerprint density at radius 2 is 2.06 bits per heavy atom. The molecule has 8 nitrogen and oxygen atoms in total. The van der Waals surface area contributed by atoms with Gasteiger partial charge in [-0.1, -0.05) is 17.4 Å². The highest BCUT2D eigenvalue weighted by molar-refractivity contribution is 7.80. The van der Waals surface area contributed by atoms with Crippen LogP contribution in [0.2, 0.25) is 0 Å². The molecule has 1 heterocycles. The average molecular weight is 271 g/mol. The summed E-state index contributed by atoms with van der Waals surface area (Å²) >= 11 is 4.56. The fourth-order valence-corrected chi connectivity index (χ4v) is 1.13. The van der Waals surface area contributed by atoms with Crippen molar-refractivity contribution in [1.29, 1.82) is 0 Å². The molecular weight excluding hydrogens is 258 g/mol. The molecule has 0 saturated heterocycles. The number of aryl methyl sites for hydroxylation is 1. The smallest absolute Gasteiger partial charge is 0.309 e. The van der Waals surface area contributed by atoms with Crippen molar-refractivity contribution in [3.8, 4) is 0 Å². The third kappa shape index (κ3) is 4.87. The number of aromatic nitrogens is 2. The number of amides is 2. The minimum Gasteiger partial charge on any atom is -0.392 e. The van der Waals surface area contributed by atoms with Crippen molar-refractivity contribution in [1.82, 2.24) is 20.8 Å². The molecule has 1 aromatic heterocycles. The van der Waals surface area contributed by atoms with E-state index in [9.17, 15) is 9.59 Å². The lowest BCUT2D eigenvalue weighted by Gasteiger charge is -2.04. The monoisotopic (exact) mass is 271 g/mol. The summed E-state index contributed by atoms with van der Waals surface area (Å²) in [5, 5.41) is 8.32. The molecule has 1 rings (SSSR count). The molecule has 2 amide bonds. The Morgan fingerprint density at radius 3 is 2.61 bits per heavy atom. The second kappa shape index (κ2) is 6.64. The molecule has 18 heavy (non-hydrogen) atoms. The van der Waals surface area contributed by atoms with E-state index in [4.69, 9.17) is 10.3 Å². The van der Waals surface area contributed by atoms with Crippen LogP contribution >= 0.6 is 12.2 Å². The molecule has 98 valence electrons. The Labute approximate surface area is 108 Å². The SMILES string of the molecule is Cc1nc(CCNC(=O)C(=O)NCC(N)=S)no1. The number of carbonyl (C=O) groups is 2. The summed E-state index contributed by atoms with van der Waals surface area (Å²) in [7, 11) is 0. The first-order valence-corrected chi connectivity index (χ1v) is 5.53. The number of thiocarbonyl (C=S) groups is 1. The molecule has 0 aromatic carbocycles. The number of rotatable bonds is 5. The number of nitrogens with zero attached hydrogens (tertiary/aromatic N) is 2. The maximum absolute atomic E-state index is 11.3. The largest absolute Gasteiger partial charge is 0.392 e. The van der Waals surface area contributed by atoms with Gasteiger partial charge < -0.3 is 20.9 Å². The minimum absolute atomic E-state index is 0.00831. The summed E-state index contributed by atoms with van der Waals surface area (Å²) in [6.45, 7) is 1.89. The molecule has 0 aliphatic rings. The first-order chi connectivity index (χ1) is 8.49. The molecule has 9 heteroatoms. The van der Waals surface area contributed by atoms with E-state index in [1.807, 2.05) is 0 Å². The van der Waals surface area contributed by atoms with Crippen molar-refractivity contribution >= 4 is 29.0 Å². The van der Waals surface area contributed by atoms with Crippen LogP contribution < -0.4 is 16.4 Å². The quantitative estimate of drug-likeness (QED) is 0.437. The van der Waals surface area contributed by atoms with E-state index in [0.29, 0.717) is 18.1 Å². The van der Waals surface area contributed by atoms with Crippen LogP contribution in [0.15, 0.2) is 4.52 Å². The van der Waals surface area contributed by atoms with Crippen LogP contribution in [-0.4, -0.2) is 40.0 Å². The molecule has 0 spiro atoms. The van der Waals surface area contributed by atoms with Gasteiger partial charge in [0.25, 0.3) is 0 Å². The number of hydrogen-bond donors (Lipinski definition) is 3. The van der Waals surface area contributed by atoms with Gasteiger partial charge in [0.15, 0.2) is 5.82 Å². The Balaban J connectivity index is 2.24. The molecule has 1 aromatic rings. The van der Waals surface area contributed by atoms with Gasteiger partial charge in [-0.25, -0.2) is 0 Å². The third-order valence-electron chi connectivity index (χ3n) is 1.83. The lowest BCUT2D eigenvalue weighted by molar-refractivity contribution is -0.139. The van der Waals surface area contributed by atoms with Crippen LogP contribution in [0.3, 0.4) is 0 Å². The molecule has 4 N–H and O–H groups in total. The van der Waals surface area contributed by atoms with E-state index < -0.39 is 11.8 Å². The Bertz CT molecular complexity index is 459. The molecule has 0 aliphatic carbocycles. The zero-order valence-electron chi connectivity index (χ0n) is 9.73. The van der Waals surface area contributed by atoms with E-state index in [2.05, 4.69) is 33.0 Å². The van der Waals surface area contributed by atoms with Gasteiger partial charge in [0, 0.05) is 19.9 Å². The van der Waals surface area contributed by atoms with E-state index >= 15 is 0 Å². The predicted octanol–water partition coefficient (Wildman–Crippen LogP) is -1.56. The Kier molecular flexibility index (Phi) is 5.18. The maximum atomic E-state index is 11.3. The highest BCUT2D eigenvalue weighted by Gasteiger charge is 2.12. The second-order valence-corrected chi connectivity index (χ2v) is 3.91. The predicted molar refractivity (Wildman–Crippen MR) is 65.5 cm³/mol. The van der Waals surface area contributed by atoms with Crippen molar-refractivity contribution in [2.45, 2.75) is 13.3 Å². The third-order valence-corrected chi connectivity index (χ3v) is 1.98. The van der Waals surface area contributed by atoms with Gasteiger partial charge in [-0.15, -0.1) is 0 Å². The van der Waals surface area contributed by atoms with E-state index in [-0.39, 0.29) is 18.1 Å². The van der Waals surface area contributed by atoms with Crippen LogP contribution in [0.1, 0.15) is 11.7 Å². The second-order valence-electron chi connectivity index (χ2n) is 3.38. The molecule has 0 saturated carbocycles. The number of nitrogens with one attached hydrogen (secondary N) is 2. The first kappa shape index (κ1) is 14.0. The van der Waals surface area contributed by atoms with Gasteiger partial charge in [-0.2, -0.15) is 4.98 Å². The van der Waals surface area contributed by atoms with Gasteiger partial charge in [-0.3, -0.25) is 9.59 Å². The zero-order chi connectivity index (χ0) is 13.5. The Morgan fingerprint density at radius 1 is 1.39 bits per heavy atom. The van der Waals surface area contributed by atoms with Gasteiger partial charge in [0.05, 0.1) is 11.5 Å². The normalized spacial score (nSPS) is 9.83. The number of carbonyl (C=O) groups excluding carboxylic acids is 2. The molecule has 0 unspecified atom stereocenters. The van der Waals surface area contributed by atoms with Crippen LogP contribution in [0, 0.1) is 6.92 Å². The fourth-order valence-electron chi connectivity index (χ4n) is 1.06. The minimum atomic E-state index is -0.785. The first-order valence-electron chi connectivity index (χ1n) is 5.12. The highest BCUT2D eigenvalue weighted by Crippen LogP contribution is 1.94. The summed E-state index contributed by atoms with van der Waals surface area (Å²) in [5.74, 6) is -0.625. The molecular formula is C9H13N5O3S. The summed E-state index contributed by atoms with van der Waals surface area (Å²) in [5.41, 5.74) is 5.18. The molecule has 0 fully saturated rings. The summed E-state index contributed by atoms with van der Waals surface area (Å²) in [6.07, 6.45) is 0.381. The van der Waals surface area contributed by atoms with Crippen molar-refractivity contribution in [2.75, 3.05) is 13.1 Å². The summed E-state index contributed by atoms with van der Waals surface area (Å²) < 4.78 is 4.75. The van der Waals surface area contributed by atoms with E-state index in [0.717, 1.165) is 0 Å². The lowest BCUT2D eigenvalue weighted by Crippen LogP contribution is -2.43. The maximum Gasteiger partial charge on any atom is 0.309 e. The van der Waals surface area contributed by atoms with Crippen molar-refractivity contribution in [2.24, 2.45) is 5.73 Å². The number of hydrogen-bond acceptors (Lipinski definition) is 6. The van der Waals surface area contributed by atoms with Crippen molar-refractivity contribution in [3.63, 3.8) is 0 Å². The van der Waals surface area contributed by atoms with Gasteiger partial charge in [0.1, 0.15) is 0 Å². The van der Waals surface area contributed by atoms with Crippen LogP contribution in [0.4, 0.5) is 0 Å². The summed E-state index contributed by atoms with van der Waals surface area (Å²) in [6, 6.07) is 0. The Hall–Kier alpha value is -2.03. The van der Waals surface area contributed by atoms with Gasteiger partial charge >= 0.3 is 11.8 Å². The van der Waals surface area contributed by atoms with E-state index in [1.54, 1.807) is 6.92 Å². The highest BCUT2D eigenvalue weighted by atomic mass is 32.1.